The van der Waals surface area contributed by atoms with E-state index in [0.29, 0.717) is 0 Å². The van der Waals surface area contributed by atoms with Gasteiger partial charge in [0.25, 0.3) is 0 Å². The number of Topliss-reactive ketones (excluding diaryl/α,β-unsaturated/α-hetero) is 1. The number of hydrogen-bond donors (Lipinski definition) is 1. The van der Waals surface area contributed by atoms with Crippen LogP contribution in [-0.4, -0.2) is 18.4 Å². The summed E-state index contributed by atoms with van der Waals surface area (Å²) in [6.45, 7) is 4.89. The molecule has 0 aliphatic rings. The molecule has 17 heavy (non-hydrogen) atoms. The lowest BCUT2D eigenvalue weighted by Crippen LogP contribution is -2.35. The molecular weight excluding hydrogens is 230 g/mol. The van der Waals surface area contributed by atoms with Crippen LogP contribution in [-0.2, 0) is 0 Å². The fourth-order valence-electron chi connectivity index (χ4n) is 1.99. The van der Waals surface area contributed by atoms with Crippen LogP contribution in [0.5, 0.6) is 0 Å². The molecule has 1 unspecified atom stereocenters. The number of carbonyl (C=O) groups excluding carboxylic acids is 1. The molecule has 0 aliphatic heterocycles. The van der Waals surface area contributed by atoms with Gasteiger partial charge in [0.1, 0.15) is 0 Å². The van der Waals surface area contributed by atoms with Crippen molar-refractivity contribution in [3.05, 3.63) is 35.2 Å². The summed E-state index contributed by atoms with van der Waals surface area (Å²) in [5.41, 5.74) is 0.809. The highest BCUT2D eigenvalue weighted by Gasteiger charge is 2.17. The maximum Gasteiger partial charge on any atom is 0.179 e. The van der Waals surface area contributed by atoms with Gasteiger partial charge in [-0.05, 0) is 48.0 Å². The first-order valence-corrected chi connectivity index (χ1v) is 6.89. The number of ketones is 1. The van der Waals surface area contributed by atoms with E-state index in [-0.39, 0.29) is 11.8 Å². The Balaban J connectivity index is 2.28. The smallest absolute Gasteiger partial charge is 0.179 e. The highest BCUT2D eigenvalue weighted by molar-refractivity contribution is 7.17. The molecule has 0 amide bonds. The second-order valence-corrected chi connectivity index (χ2v) is 5.00. The highest BCUT2D eigenvalue weighted by Crippen LogP contribution is 2.22. The van der Waals surface area contributed by atoms with Crippen LogP contribution in [0.2, 0.25) is 0 Å². The van der Waals surface area contributed by atoms with Crippen molar-refractivity contribution < 1.29 is 4.79 Å². The minimum Gasteiger partial charge on any atom is -0.307 e. The van der Waals surface area contributed by atoms with Gasteiger partial charge in [-0.25, -0.2) is 0 Å². The molecule has 2 aromatic rings. The molecule has 3 heteroatoms. The molecule has 1 heterocycles. The molecule has 0 bridgehead atoms. The van der Waals surface area contributed by atoms with E-state index in [0.717, 1.165) is 23.9 Å². The van der Waals surface area contributed by atoms with Crippen LogP contribution in [0.3, 0.4) is 0 Å². The Labute approximate surface area is 106 Å². The number of nitrogens with one attached hydrogen (secondary N) is 1. The van der Waals surface area contributed by atoms with Crippen LogP contribution in [0.1, 0.15) is 30.6 Å². The van der Waals surface area contributed by atoms with Crippen molar-refractivity contribution in [2.45, 2.75) is 26.3 Å². The first kappa shape index (κ1) is 12.3. The SMILES string of the molecule is CCNC(CC)C(=O)c1ccc2sccc2c1. The number of hydrogen-bond acceptors (Lipinski definition) is 3. The second kappa shape index (κ2) is 5.43. The van der Waals surface area contributed by atoms with E-state index in [1.165, 1.54) is 4.70 Å². The Morgan fingerprint density at radius 1 is 1.35 bits per heavy atom. The van der Waals surface area contributed by atoms with Crippen LogP contribution in [0.15, 0.2) is 29.6 Å². The number of fused-ring (bicyclic) bond motifs is 1. The van der Waals surface area contributed by atoms with E-state index < -0.39 is 0 Å². The van der Waals surface area contributed by atoms with E-state index in [4.69, 9.17) is 0 Å². The van der Waals surface area contributed by atoms with Crippen molar-refractivity contribution in [3.8, 4) is 0 Å². The Morgan fingerprint density at radius 3 is 2.88 bits per heavy atom. The number of rotatable bonds is 5. The van der Waals surface area contributed by atoms with Gasteiger partial charge in [-0.15, -0.1) is 11.3 Å². The van der Waals surface area contributed by atoms with Crippen molar-refractivity contribution in [1.29, 1.82) is 0 Å². The predicted molar refractivity (Wildman–Crippen MR) is 73.9 cm³/mol. The zero-order valence-corrected chi connectivity index (χ0v) is 11.0. The summed E-state index contributed by atoms with van der Waals surface area (Å²) in [6.07, 6.45) is 0.828. The third-order valence-corrected chi connectivity index (χ3v) is 3.81. The van der Waals surface area contributed by atoms with Crippen molar-refractivity contribution in [2.24, 2.45) is 0 Å². The van der Waals surface area contributed by atoms with Gasteiger partial charge in [0, 0.05) is 10.3 Å². The summed E-state index contributed by atoms with van der Waals surface area (Å²) in [5, 5.41) is 6.44. The van der Waals surface area contributed by atoms with Crippen LogP contribution >= 0.6 is 11.3 Å². The van der Waals surface area contributed by atoms with Crippen molar-refractivity contribution in [2.75, 3.05) is 6.54 Å². The third kappa shape index (κ3) is 2.56. The molecule has 0 saturated carbocycles. The lowest BCUT2D eigenvalue weighted by Gasteiger charge is -2.14. The number of thiophene rings is 1. The summed E-state index contributed by atoms with van der Waals surface area (Å²) in [6, 6.07) is 7.96. The summed E-state index contributed by atoms with van der Waals surface area (Å²) < 4.78 is 1.23. The lowest BCUT2D eigenvalue weighted by atomic mass is 10.0. The number of carbonyl (C=O) groups is 1. The molecule has 2 nitrogen and oxygen atoms in total. The lowest BCUT2D eigenvalue weighted by molar-refractivity contribution is 0.0941. The van der Waals surface area contributed by atoms with Gasteiger partial charge in [0.2, 0.25) is 0 Å². The van der Waals surface area contributed by atoms with Gasteiger partial charge in [0.15, 0.2) is 5.78 Å². The van der Waals surface area contributed by atoms with Crippen molar-refractivity contribution in [3.63, 3.8) is 0 Å². The van der Waals surface area contributed by atoms with Gasteiger partial charge in [0.05, 0.1) is 6.04 Å². The summed E-state index contributed by atoms with van der Waals surface area (Å²) in [4.78, 5) is 12.3. The average Bonchev–Trinajstić information content (AvgIpc) is 2.82. The first-order chi connectivity index (χ1) is 8.26. The topological polar surface area (TPSA) is 29.1 Å². The fraction of sp³-hybridized carbons (Fsp3) is 0.357. The van der Waals surface area contributed by atoms with Crippen LogP contribution in [0, 0.1) is 0 Å². The second-order valence-electron chi connectivity index (χ2n) is 4.06. The Hall–Kier alpha value is -1.19. The van der Waals surface area contributed by atoms with Crippen LogP contribution in [0.4, 0.5) is 0 Å². The van der Waals surface area contributed by atoms with Gasteiger partial charge in [-0.2, -0.15) is 0 Å². The van der Waals surface area contributed by atoms with E-state index in [9.17, 15) is 4.79 Å². The maximum absolute atomic E-state index is 12.3. The fourth-order valence-corrected chi connectivity index (χ4v) is 2.76. The third-order valence-electron chi connectivity index (χ3n) is 2.91. The molecule has 1 N–H and O–H groups in total. The minimum atomic E-state index is -0.0592. The van der Waals surface area contributed by atoms with Crippen molar-refractivity contribution >= 4 is 27.2 Å². The van der Waals surface area contributed by atoms with E-state index in [1.54, 1.807) is 11.3 Å². The summed E-state index contributed by atoms with van der Waals surface area (Å²) >= 11 is 1.71. The van der Waals surface area contributed by atoms with Crippen LogP contribution < -0.4 is 5.32 Å². The molecule has 90 valence electrons. The minimum absolute atomic E-state index is 0.0592. The molecule has 0 fully saturated rings. The van der Waals surface area contributed by atoms with E-state index in [1.807, 2.05) is 32.0 Å². The summed E-state index contributed by atoms with van der Waals surface area (Å²) in [7, 11) is 0. The standard InChI is InChI=1S/C14H17NOS/c1-3-12(15-4-2)14(16)11-5-6-13-10(9-11)7-8-17-13/h5-9,12,15H,3-4H2,1-2H3. The summed E-state index contributed by atoms with van der Waals surface area (Å²) in [5.74, 6) is 0.197. The quantitative estimate of drug-likeness (QED) is 0.820. The molecule has 0 aliphatic carbocycles. The Kier molecular flexibility index (Phi) is 3.92. The zero-order chi connectivity index (χ0) is 12.3. The Morgan fingerprint density at radius 2 is 2.18 bits per heavy atom. The van der Waals surface area contributed by atoms with Gasteiger partial charge >= 0.3 is 0 Å². The van der Waals surface area contributed by atoms with Gasteiger partial charge in [-0.3, -0.25) is 4.79 Å². The zero-order valence-electron chi connectivity index (χ0n) is 10.2. The highest BCUT2D eigenvalue weighted by atomic mass is 32.1. The number of likely N-dealkylation sites (N-methyl/N-ethyl adjacent to an activating group) is 1. The van der Waals surface area contributed by atoms with E-state index in [2.05, 4.69) is 16.8 Å². The first-order valence-electron chi connectivity index (χ1n) is 6.01. The van der Waals surface area contributed by atoms with Crippen molar-refractivity contribution in [1.82, 2.24) is 5.32 Å². The molecule has 0 saturated heterocycles. The molecule has 0 spiro atoms. The molecule has 2 rings (SSSR count). The van der Waals surface area contributed by atoms with Gasteiger partial charge < -0.3 is 5.32 Å². The number of benzene rings is 1. The maximum atomic E-state index is 12.3. The molecule has 1 aromatic carbocycles. The normalized spacial score (nSPS) is 12.8. The monoisotopic (exact) mass is 247 g/mol. The molecule has 1 atom stereocenters. The van der Waals surface area contributed by atoms with E-state index >= 15 is 0 Å². The largest absolute Gasteiger partial charge is 0.307 e. The molecule has 1 aromatic heterocycles. The van der Waals surface area contributed by atoms with Gasteiger partial charge in [-0.1, -0.05) is 13.8 Å². The predicted octanol–water partition coefficient (Wildman–Crippen LogP) is 3.47. The molecule has 0 radical (unpaired) electrons. The Bertz CT molecular complexity index is 518. The average molecular weight is 247 g/mol. The van der Waals surface area contributed by atoms with Crippen LogP contribution in [0.25, 0.3) is 10.1 Å². The molecular formula is C14H17NOS.